The lowest BCUT2D eigenvalue weighted by Gasteiger charge is -2.18. The summed E-state index contributed by atoms with van der Waals surface area (Å²) in [6.45, 7) is 6.39. The molecule has 3 N–H and O–H groups in total. The highest BCUT2D eigenvalue weighted by molar-refractivity contribution is 5.96. The summed E-state index contributed by atoms with van der Waals surface area (Å²) in [5, 5.41) is 21.3. The van der Waals surface area contributed by atoms with E-state index in [1.165, 1.54) is 10.1 Å². The Kier molecular flexibility index (Phi) is 4.97. The third-order valence-corrected chi connectivity index (χ3v) is 5.21. The molecule has 0 radical (unpaired) electrons. The first kappa shape index (κ1) is 18.7. The van der Waals surface area contributed by atoms with Gasteiger partial charge in [0.15, 0.2) is 5.56 Å². The quantitative estimate of drug-likeness (QED) is 0.724. The van der Waals surface area contributed by atoms with E-state index in [1.54, 1.807) is 10.8 Å². The minimum Gasteiger partial charge on any atom is -0.494 e. The zero-order valence-corrected chi connectivity index (χ0v) is 16.4. The van der Waals surface area contributed by atoms with E-state index in [0.717, 1.165) is 44.3 Å². The van der Waals surface area contributed by atoms with Crippen LogP contribution in [-0.4, -0.2) is 44.3 Å². The number of piperidine rings is 1. The van der Waals surface area contributed by atoms with Gasteiger partial charge in [-0.1, -0.05) is 25.5 Å². The number of carbonyl (C=O) groups is 1. The molecule has 0 bridgehead atoms. The van der Waals surface area contributed by atoms with Crippen molar-refractivity contribution < 1.29 is 9.90 Å². The summed E-state index contributed by atoms with van der Waals surface area (Å²) in [5.41, 5.74) is 1.79. The summed E-state index contributed by atoms with van der Waals surface area (Å²) in [7, 11) is 0. The van der Waals surface area contributed by atoms with Crippen LogP contribution >= 0.6 is 0 Å². The predicted octanol–water partition coefficient (Wildman–Crippen LogP) is 1.52. The standard InChI is InChI=1S/C20H27N5O3/c1-12(2)11-24-18-14(9-13-5-7-21-8-6-13)10-22-25(18)20(28)16(19(24)27)17(26)23-15-3-4-15/h9-10,12,15,21,27H,3-8,11H2,1-2H3,(H,23,26). The van der Waals surface area contributed by atoms with Gasteiger partial charge in [-0.05, 0) is 44.7 Å². The van der Waals surface area contributed by atoms with Gasteiger partial charge in [0.05, 0.1) is 6.20 Å². The zero-order chi connectivity index (χ0) is 19.8. The maximum Gasteiger partial charge on any atom is 0.291 e. The highest BCUT2D eigenvalue weighted by Gasteiger charge is 2.29. The van der Waals surface area contributed by atoms with Gasteiger partial charge in [0.25, 0.3) is 11.5 Å². The van der Waals surface area contributed by atoms with Crippen molar-refractivity contribution in [2.75, 3.05) is 13.1 Å². The van der Waals surface area contributed by atoms with Crippen molar-refractivity contribution in [2.45, 2.75) is 52.1 Å². The summed E-state index contributed by atoms with van der Waals surface area (Å²) in [5.74, 6) is -0.598. The van der Waals surface area contributed by atoms with Crippen molar-refractivity contribution in [1.82, 2.24) is 24.8 Å². The molecule has 1 aliphatic carbocycles. The van der Waals surface area contributed by atoms with E-state index in [1.807, 2.05) is 13.8 Å². The Hall–Kier alpha value is -2.61. The maximum absolute atomic E-state index is 13.0. The number of amides is 1. The van der Waals surface area contributed by atoms with Gasteiger partial charge in [-0.2, -0.15) is 9.61 Å². The molecule has 2 aliphatic rings. The minimum absolute atomic E-state index is 0.0957. The van der Waals surface area contributed by atoms with Crippen molar-refractivity contribution in [2.24, 2.45) is 5.92 Å². The molecule has 8 nitrogen and oxygen atoms in total. The van der Waals surface area contributed by atoms with Crippen molar-refractivity contribution in [3.05, 3.63) is 33.3 Å². The second-order valence-corrected chi connectivity index (χ2v) is 8.14. The van der Waals surface area contributed by atoms with Crippen LogP contribution in [0.5, 0.6) is 5.88 Å². The van der Waals surface area contributed by atoms with E-state index in [0.29, 0.717) is 12.2 Å². The van der Waals surface area contributed by atoms with E-state index < -0.39 is 11.5 Å². The predicted molar refractivity (Wildman–Crippen MR) is 107 cm³/mol. The summed E-state index contributed by atoms with van der Waals surface area (Å²) in [6, 6.07) is 0.0957. The molecule has 0 spiro atoms. The molecule has 150 valence electrons. The molecular formula is C20H27N5O3. The molecule has 2 fully saturated rings. The molecule has 0 atom stereocenters. The highest BCUT2D eigenvalue weighted by atomic mass is 16.3. The molecule has 1 aliphatic heterocycles. The van der Waals surface area contributed by atoms with Gasteiger partial charge in [-0.15, -0.1) is 0 Å². The Morgan fingerprint density at radius 3 is 2.75 bits per heavy atom. The fourth-order valence-electron chi connectivity index (χ4n) is 3.65. The molecule has 2 aromatic rings. The Morgan fingerprint density at radius 1 is 1.39 bits per heavy atom. The third kappa shape index (κ3) is 3.56. The summed E-state index contributed by atoms with van der Waals surface area (Å²) >= 11 is 0. The van der Waals surface area contributed by atoms with Crippen molar-refractivity contribution in [3.63, 3.8) is 0 Å². The number of hydrogen-bond donors (Lipinski definition) is 3. The largest absolute Gasteiger partial charge is 0.494 e. The van der Waals surface area contributed by atoms with E-state index in [2.05, 4.69) is 21.8 Å². The van der Waals surface area contributed by atoms with Crippen LogP contribution in [0.1, 0.15) is 55.5 Å². The Balaban J connectivity index is 1.87. The molecule has 1 amide bonds. The number of carbonyl (C=O) groups excluding carboxylic acids is 1. The lowest BCUT2D eigenvalue weighted by atomic mass is 10.0. The van der Waals surface area contributed by atoms with Crippen LogP contribution in [0.15, 0.2) is 16.6 Å². The fourth-order valence-corrected chi connectivity index (χ4v) is 3.65. The van der Waals surface area contributed by atoms with Gasteiger partial charge in [-0.3, -0.25) is 14.2 Å². The first-order valence-electron chi connectivity index (χ1n) is 10.00. The monoisotopic (exact) mass is 385 g/mol. The fraction of sp³-hybridized carbons (Fsp3) is 0.550. The highest BCUT2D eigenvalue weighted by Crippen LogP contribution is 2.26. The topological polar surface area (TPSA) is 101 Å². The van der Waals surface area contributed by atoms with Crippen LogP contribution in [0.2, 0.25) is 0 Å². The molecule has 1 saturated heterocycles. The molecule has 8 heteroatoms. The number of hydrogen-bond acceptors (Lipinski definition) is 5. The molecule has 28 heavy (non-hydrogen) atoms. The number of nitrogens with zero attached hydrogens (tertiary/aromatic N) is 3. The average molecular weight is 385 g/mol. The number of fused-ring (bicyclic) bond motifs is 1. The Bertz CT molecular complexity index is 989. The van der Waals surface area contributed by atoms with E-state index in [-0.39, 0.29) is 23.4 Å². The molecule has 1 saturated carbocycles. The SMILES string of the molecule is CC(C)Cn1c(O)c(C(=O)NC2CC2)c(=O)n2ncc(C=C3CCNCC3)c12. The first-order valence-corrected chi connectivity index (χ1v) is 10.00. The lowest BCUT2D eigenvalue weighted by Crippen LogP contribution is -2.34. The molecule has 2 aromatic heterocycles. The Labute approximate surface area is 163 Å². The summed E-state index contributed by atoms with van der Waals surface area (Å²) in [6.07, 6.45) is 7.40. The minimum atomic E-state index is -0.583. The van der Waals surface area contributed by atoms with E-state index in [4.69, 9.17) is 0 Å². The van der Waals surface area contributed by atoms with Crippen molar-refractivity contribution >= 4 is 17.6 Å². The second kappa shape index (κ2) is 7.43. The Morgan fingerprint density at radius 2 is 2.11 bits per heavy atom. The maximum atomic E-state index is 13.0. The average Bonchev–Trinajstić information content (AvgIpc) is 3.37. The third-order valence-electron chi connectivity index (χ3n) is 5.21. The number of aromatic hydroxyl groups is 1. The number of nitrogens with one attached hydrogen (secondary N) is 2. The zero-order valence-electron chi connectivity index (χ0n) is 16.4. The molecule has 0 aromatic carbocycles. The normalized spacial score (nSPS) is 17.3. The number of rotatable bonds is 5. The van der Waals surface area contributed by atoms with Gasteiger partial charge >= 0.3 is 0 Å². The van der Waals surface area contributed by atoms with Crippen LogP contribution in [0.3, 0.4) is 0 Å². The van der Waals surface area contributed by atoms with Crippen LogP contribution < -0.4 is 16.2 Å². The molecule has 0 unspecified atom stereocenters. The molecule has 4 rings (SSSR count). The van der Waals surface area contributed by atoms with Crippen LogP contribution in [0.25, 0.3) is 11.7 Å². The van der Waals surface area contributed by atoms with E-state index in [9.17, 15) is 14.7 Å². The van der Waals surface area contributed by atoms with Crippen molar-refractivity contribution in [3.8, 4) is 5.88 Å². The van der Waals surface area contributed by atoms with Gasteiger partial charge in [-0.25, -0.2) is 0 Å². The molecule has 3 heterocycles. The van der Waals surface area contributed by atoms with Gasteiger partial charge in [0.1, 0.15) is 5.65 Å². The summed E-state index contributed by atoms with van der Waals surface area (Å²) in [4.78, 5) is 25.6. The van der Waals surface area contributed by atoms with E-state index >= 15 is 0 Å². The molecular weight excluding hydrogens is 358 g/mol. The van der Waals surface area contributed by atoms with Crippen LogP contribution in [-0.2, 0) is 6.54 Å². The van der Waals surface area contributed by atoms with Gasteiger partial charge in [0, 0.05) is 18.2 Å². The van der Waals surface area contributed by atoms with Crippen LogP contribution in [0, 0.1) is 5.92 Å². The number of aromatic nitrogens is 3. The lowest BCUT2D eigenvalue weighted by molar-refractivity contribution is 0.0944. The second-order valence-electron chi connectivity index (χ2n) is 8.14. The smallest absolute Gasteiger partial charge is 0.291 e. The summed E-state index contributed by atoms with van der Waals surface area (Å²) < 4.78 is 2.89. The van der Waals surface area contributed by atoms with Gasteiger partial charge in [0.2, 0.25) is 5.88 Å². The van der Waals surface area contributed by atoms with Gasteiger partial charge < -0.3 is 15.7 Å². The van der Waals surface area contributed by atoms with Crippen molar-refractivity contribution in [1.29, 1.82) is 0 Å². The van der Waals surface area contributed by atoms with Crippen LogP contribution in [0.4, 0.5) is 0 Å². The first-order chi connectivity index (χ1) is 13.5.